The van der Waals surface area contributed by atoms with Gasteiger partial charge in [-0.1, -0.05) is 0 Å². The van der Waals surface area contributed by atoms with Gasteiger partial charge < -0.3 is 19.9 Å². The van der Waals surface area contributed by atoms with Gasteiger partial charge in [-0.05, 0) is 39.2 Å². The van der Waals surface area contributed by atoms with E-state index in [1.807, 2.05) is 6.92 Å². The lowest BCUT2D eigenvalue weighted by molar-refractivity contribution is 0.147. The molecule has 1 fully saturated rings. The summed E-state index contributed by atoms with van der Waals surface area (Å²) in [6.45, 7) is 8.58. The number of nitrogens with one attached hydrogen (secondary N) is 2. The lowest BCUT2D eigenvalue weighted by Gasteiger charge is -2.16. The van der Waals surface area contributed by atoms with Crippen molar-refractivity contribution < 1.29 is 4.74 Å². The number of hydrogen-bond acceptors (Lipinski definition) is 5. The summed E-state index contributed by atoms with van der Waals surface area (Å²) >= 11 is 0. The van der Waals surface area contributed by atoms with Gasteiger partial charge in [0.15, 0.2) is 0 Å². The predicted molar refractivity (Wildman–Crippen MR) is 89.7 cm³/mol. The van der Waals surface area contributed by atoms with Crippen LogP contribution in [-0.2, 0) is 4.74 Å². The number of nitrogens with zero attached hydrogens (tertiary/aromatic N) is 3. The third kappa shape index (κ3) is 3.32. The molecular formula is C16H25N5O. The molecule has 22 heavy (non-hydrogen) atoms. The van der Waals surface area contributed by atoms with Crippen LogP contribution in [0.3, 0.4) is 0 Å². The summed E-state index contributed by atoms with van der Waals surface area (Å²) in [6, 6.07) is 2.11. The first-order valence-corrected chi connectivity index (χ1v) is 8.22. The van der Waals surface area contributed by atoms with Gasteiger partial charge in [-0.2, -0.15) is 9.97 Å². The molecule has 3 rings (SSSR count). The molecule has 0 atom stereocenters. The van der Waals surface area contributed by atoms with E-state index in [1.54, 1.807) is 0 Å². The van der Waals surface area contributed by atoms with Crippen molar-refractivity contribution in [2.45, 2.75) is 33.1 Å². The molecule has 6 nitrogen and oxygen atoms in total. The normalized spacial score (nSPS) is 14.9. The highest BCUT2D eigenvalue weighted by Gasteiger charge is 2.18. The van der Waals surface area contributed by atoms with E-state index in [0.717, 1.165) is 67.8 Å². The number of aryl methyl sites for hydroxylation is 1. The summed E-state index contributed by atoms with van der Waals surface area (Å²) in [5.74, 6) is 1.76. The van der Waals surface area contributed by atoms with Crippen LogP contribution in [-0.4, -0.2) is 47.8 Å². The number of H-pyrrole nitrogens is 1. The molecule has 2 aromatic rings. The average molecular weight is 303 g/mol. The second-order valence-corrected chi connectivity index (χ2v) is 5.76. The smallest absolute Gasteiger partial charge is 0.229 e. The van der Waals surface area contributed by atoms with Crippen LogP contribution in [0, 0.1) is 6.92 Å². The van der Waals surface area contributed by atoms with Crippen LogP contribution in [0.25, 0.3) is 11.0 Å². The Labute approximate surface area is 131 Å². The largest absolute Gasteiger partial charge is 0.382 e. The van der Waals surface area contributed by atoms with E-state index in [0.29, 0.717) is 0 Å². The Morgan fingerprint density at radius 2 is 2.14 bits per heavy atom. The number of hydrogen-bond donors (Lipinski definition) is 2. The van der Waals surface area contributed by atoms with Crippen LogP contribution in [0.2, 0.25) is 0 Å². The Morgan fingerprint density at radius 1 is 1.32 bits per heavy atom. The Hall–Kier alpha value is -1.82. The van der Waals surface area contributed by atoms with Crippen molar-refractivity contribution in [2.24, 2.45) is 0 Å². The Kier molecular flexibility index (Phi) is 4.77. The molecule has 0 amide bonds. The summed E-state index contributed by atoms with van der Waals surface area (Å²) in [5.41, 5.74) is 2.03. The van der Waals surface area contributed by atoms with E-state index in [1.165, 1.54) is 12.8 Å². The third-order valence-corrected chi connectivity index (χ3v) is 3.96. The quantitative estimate of drug-likeness (QED) is 0.770. The highest BCUT2D eigenvalue weighted by molar-refractivity contribution is 5.89. The molecule has 120 valence electrons. The molecule has 0 spiro atoms. The first-order chi connectivity index (χ1) is 10.8. The highest BCUT2D eigenvalue weighted by Crippen LogP contribution is 2.25. The first-order valence-electron chi connectivity index (χ1n) is 8.22. The fourth-order valence-corrected chi connectivity index (χ4v) is 2.85. The topological polar surface area (TPSA) is 66.1 Å². The minimum atomic E-state index is 0.772. The number of fused-ring (bicyclic) bond motifs is 1. The second kappa shape index (κ2) is 6.96. The van der Waals surface area contributed by atoms with E-state index in [2.05, 4.69) is 28.2 Å². The standard InChI is InChI=1S/C16H25N5O/c1-3-22-10-6-7-17-14-13-11-12(2)18-15(13)20-16(19-14)21-8-4-5-9-21/h11H,3-10H2,1-2H3,(H2,17,18,19,20). The molecule has 0 aromatic carbocycles. The fraction of sp³-hybridized carbons (Fsp3) is 0.625. The Bertz CT molecular complexity index is 618. The maximum absolute atomic E-state index is 5.38. The molecule has 0 bridgehead atoms. The van der Waals surface area contributed by atoms with E-state index in [9.17, 15) is 0 Å². The molecule has 0 aliphatic carbocycles. The van der Waals surface area contributed by atoms with Crippen LogP contribution in [0.5, 0.6) is 0 Å². The molecule has 0 saturated carbocycles. The summed E-state index contributed by atoms with van der Waals surface area (Å²) in [4.78, 5) is 15.0. The number of anilines is 2. The van der Waals surface area contributed by atoms with Gasteiger partial charge >= 0.3 is 0 Å². The maximum atomic E-state index is 5.38. The molecule has 0 radical (unpaired) electrons. The Morgan fingerprint density at radius 3 is 2.91 bits per heavy atom. The SMILES string of the molecule is CCOCCCNc1nc(N2CCCC2)nc2[nH]c(C)cc12. The van der Waals surface area contributed by atoms with Crippen molar-refractivity contribution in [2.75, 3.05) is 43.1 Å². The van der Waals surface area contributed by atoms with Crippen LogP contribution < -0.4 is 10.2 Å². The van der Waals surface area contributed by atoms with Crippen molar-refractivity contribution >= 4 is 22.8 Å². The molecule has 2 N–H and O–H groups in total. The van der Waals surface area contributed by atoms with E-state index >= 15 is 0 Å². The molecule has 6 heteroatoms. The maximum Gasteiger partial charge on any atom is 0.229 e. The first kappa shape index (κ1) is 15.1. The van der Waals surface area contributed by atoms with Crippen molar-refractivity contribution in [3.63, 3.8) is 0 Å². The number of rotatable bonds is 7. The summed E-state index contributed by atoms with van der Waals surface area (Å²) < 4.78 is 5.38. The lowest BCUT2D eigenvalue weighted by Crippen LogP contribution is -2.21. The molecule has 1 aliphatic rings. The molecule has 1 saturated heterocycles. The van der Waals surface area contributed by atoms with Crippen LogP contribution in [0.15, 0.2) is 6.07 Å². The van der Waals surface area contributed by atoms with Gasteiger partial charge in [-0.3, -0.25) is 0 Å². The minimum absolute atomic E-state index is 0.772. The van der Waals surface area contributed by atoms with Crippen LogP contribution >= 0.6 is 0 Å². The summed E-state index contributed by atoms with van der Waals surface area (Å²) in [7, 11) is 0. The van der Waals surface area contributed by atoms with Crippen molar-refractivity contribution in [3.8, 4) is 0 Å². The number of aromatic nitrogens is 3. The third-order valence-electron chi connectivity index (χ3n) is 3.96. The average Bonchev–Trinajstić information content (AvgIpc) is 3.15. The molecule has 3 heterocycles. The van der Waals surface area contributed by atoms with Crippen molar-refractivity contribution in [1.82, 2.24) is 15.0 Å². The monoisotopic (exact) mass is 303 g/mol. The molecular weight excluding hydrogens is 278 g/mol. The zero-order valence-corrected chi connectivity index (χ0v) is 13.5. The number of aromatic amines is 1. The molecule has 1 aliphatic heterocycles. The van der Waals surface area contributed by atoms with Gasteiger partial charge in [0.2, 0.25) is 5.95 Å². The number of ether oxygens (including phenoxy) is 1. The Balaban J connectivity index is 1.79. The highest BCUT2D eigenvalue weighted by atomic mass is 16.5. The van der Waals surface area contributed by atoms with E-state index < -0.39 is 0 Å². The van der Waals surface area contributed by atoms with Gasteiger partial charge in [0.05, 0.1) is 5.39 Å². The van der Waals surface area contributed by atoms with Gasteiger partial charge in [0.1, 0.15) is 11.5 Å². The van der Waals surface area contributed by atoms with E-state index in [4.69, 9.17) is 14.7 Å². The zero-order chi connectivity index (χ0) is 15.4. The minimum Gasteiger partial charge on any atom is -0.382 e. The second-order valence-electron chi connectivity index (χ2n) is 5.76. The van der Waals surface area contributed by atoms with Crippen molar-refractivity contribution in [3.05, 3.63) is 11.8 Å². The van der Waals surface area contributed by atoms with Crippen LogP contribution in [0.1, 0.15) is 31.9 Å². The fourth-order valence-electron chi connectivity index (χ4n) is 2.85. The van der Waals surface area contributed by atoms with Crippen molar-refractivity contribution in [1.29, 1.82) is 0 Å². The van der Waals surface area contributed by atoms with Gasteiger partial charge in [-0.25, -0.2) is 0 Å². The zero-order valence-electron chi connectivity index (χ0n) is 13.5. The van der Waals surface area contributed by atoms with Gasteiger partial charge in [0, 0.05) is 38.5 Å². The van der Waals surface area contributed by atoms with Crippen LogP contribution in [0.4, 0.5) is 11.8 Å². The lowest BCUT2D eigenvalue weighted by atomic mass is 10.3. The predicted octanol–water partition coefficient (Wildman–Crippen LogP) is 2.71. The van der Waals surface area contributed by atoms with Gasteiger partial charge in [-0.15, -0.1) is 0 Å². The van der Waals surface area contributed by atoms with Gasteiger partial charge in [0.25, 0.3) is 0 Å². The van der Waals surface area contributed by atoms with E-state index in [-0.39, 0.29) is 0 Å². The summed E-state index contributed by atoms with van der Waals surface area (Å²) in [6.07, 6.45) is 3.42. The molecule has 0 unspecified atom stereocenters. The molecule has 2 aromatic heterocycles. The summed E-state index contributed by atoms with van der Waals surface area (Å²) in [5, 5.41) is 4.51.